The Morgan fingerprint density at radius 2 is 2.07 bits per heavy atom. The summed E-state index contributed by atoms with van der Waals surface area (Å²) >= 11 is 0. The van der Waals surface area contributed by atoms with Gasteiger partial charge in [0.25, 0.3) is 5.56 Å². The quantitative estimate of drug-likeness (QED) is 0.748. The molecule has 0 radical (unpaired) electrons. The monoisotopic (exact) mass is 359 g/mol. The minimum absolute atomic E-state index is 0.00701. The molecule has 0 saturated heterocycles. The molecule has 0 fully saturated rings. The second-order valence-electron chi connectivity index (χ2n) is 6.17. The third kappa shape index (κ3) is 2.70. The van der Waals surface area contributed by atoms with Crippen LogP contribution in [0.1, 0.15) is 24.0 Å². The predicted molar refractivity (Wildman–Crippen MR) is 101 cm³/mol. The zero-order valence-corrected chi connectivity index (χ0v) is 14.7. The van der Waals surface area contributed by atoms with Crippen molar-refractivity contribution >= 4 is 10.9 Å². The van der Waals surface area contributed by atoms with E-state index < -0.39 is 5.92 Å². The van der Waals surface area contributed by atoms with Crippen molar-refractivity contribution in [3.63, 3.8) is 0 Å². The number of pyridine rings is 1. The van der Waals surface area contributed by atoms with Crippen LogP contribution in [0.15, 0.2) is 64.8 Å². The molecule has 1 aliphatic rings. The number of H-pyrrole nitrogens is 1. The van der Waals surface area contributed by atoms with Gasteiger partial charge in [0.2, 0.25) is 5.88 Å². The topological polar surface area (TPSA) is 101 Å². The van der Waals surface area contributed by atoms with Crippen LogP contribution in [0.4, 0.5) is 0 Å². The van der Waals surface area contributed by atoms with Crippen molar-refractivity contribution in [3.05, 3.63) is 81.5 Å². The number of hydrogen-bond donors (Lipinski definition) is 2. The van der Waals surface area contributed by atoms with Gasteiger partial charge in [-0.25, -0.2) is 0 Å². The summed E-state index contributed by atoms with van der Waals surface area (Å²) in [5.74, 6) is 0.425. The highest BCUT2D eigenvalue weighted by molar-refractivity contribution is 5.87. The maximum atomic E-state index is 12.9. The minimum Gasteiger partial charge on any atom is -0.494 e. The largest absolute Gasteiger partial charge is 0.494 e. The third-order valence-corrected chi connectivity index (χ3v) is 4.59. The number of benzene rings is 2. The Hall–Kier alpha value is -3.72. The molecule has 4 rings (SSSR count). The van der Waals surface area contributed by atoms with Gasteiger partial charge < -0.3 is 20.2 Å². The van der Waals surface area contributed by atoms with Crippen molar-refractivity contribution in [2.45, 2.75) is 12.8 Å². The zero-order chi connectivity index (χ0) is 19.0. The first-order valence-electron chi connectivity index (χ1n) is 8.59. The van der Waals surface area contributed by atoms with Crippen molar-refractivity contribution < 1.29 is 9.47 Å². The van der Waals surface area contributed by atoms with Crippen molar-refractivity contribution in [1.29, 1.82) is 5.26 Å². The van der Waals surface area contributed by atoms with Crippen LogP contribution in [0, 0.1) is 11.3 Å². The van der Waals surface area contributed by atoms with Crippen LogP contribution in [0.3, 0.4) is 0 Å². The number of nitrogens with two attached hydrogens (primary N) is 1. The average molecular weight is 359 g/mol. The van der Waals surface area contributed by atoms with Gasteiger partial charge in [0.1, 0.15) is 23.1 Å². The second kappa shape index (κ2) is 6.54. The van der Waals surface area contributed by atoms with E-state index in [-0.39, 0.29) is 17.0 Å². The first-order chi connectivity index (χ1) is 13.1. The molecule has 0 unspecified atom stereocenters. The van der Waals surface area contributed by atoms with Gasteiger partial charge in [-0.05, 0) is 36.8 Å². The van der Waals surface area contributed by atoms with Gasteiger partial charge in [-0.3, -0.25) is 4.79 Å². The minimum atomic E-state index is -0.632. The number of ether oxygens (including phenoxy) is 2. The van der Waals surface area contributed by atoms with E-state index in [0.29, 0.717) is 29.2 Å². The molecule has 0 bridgehead atoms. The average Bonchev–Trinajstić information content (AvgIpc) is 2.67. The predicted octanol–water partition coefficient (Wildman–Crippen LogP) is 3.14. The molecule has 3 N–H and O–H groups in total. The smallest absolute Gasteiger partial charge is 0.256 e. The van der Waals surface area contributed by atoms with E-state index in [0.717, 1.165) is 10.9 Å². The molecule has 0 aliphatic carbocycles. The van der Waals surface area contributed by atoms with Crippen molar-refractivity contribution in [2.75, 3.05) is 6.61 Å². The van der Waals surface area contributed by atoms with Crippen LogP contribution in [-0.4, -0.2) is 11.6 Å². The first kappa shape index (κ1) is 16.7. The lowest BCUT2D eigenvalue weighted by Gasteiger charge is -2.26. The van der Waals surface area contributed by atoms with Crippen LogP contribution in [0.5, 0.6) is 11.5 Å². The van der Waals surface area contributed by atoms with Crippen LogP contribution >= 0.6 is 0 Å². The van der Waals surface area contributed by atoms with Gasteiger partial charge >= 0.3 is 0 Å². The molecule has 6 heteroatoms. The van der Waals surface area contributed by atoms with E-state index in [1.165, 1.54) is 0 Å². The molecule has 1 aliphatic heterocycles. The summed E-state index contributed by atoms with van der Waals surface area (Å²) < 4.78 is 11.3. The van der Waals surface area contributed by atoms with Crippen molar-refractivity contribution in [3.8, 4) is 17.6 Å². The van der Waals surface area contributed by atoms with E-state index >= 15 is 0 Å². The molecule has 27 heavy (non-hydrogen) atoms. The number of allylic oxidation sites excluding steroid dienone is 1. The van der Waals surface area contributed by atoms with E-state index in [1.807, 2.05) is 49.4 Å². The molecule has 0 saturated carbocycles. The van der Waals surface area contributed by atoms with Gasteiger partial charge in [-0.15, -0.1) is 0 Å². The lowest BCUT2D eigenvalue weighted by atomic mass is 9.83. The fourth-order valence-corrected chi connectivity index (χ4v) is 3.46. The molecule has 3 aromatic rings. The summed E-state index contributed by atoms with van der Waals surface area (Å²) in [5, 5.41) is 10.4. The highest BCUT2D eigenvalue weighted by Crippen LogP contribution is 2.43. The Kier molecular flexibility index (Phi) is 4.05. The van der Waals surface area contributed by atoms with Crippen LogP contribution < -0.4 is 20.8 Å². The molecule has 134 valence electrons. The number of aromatic amines is 1. The Balaban J connectivity index is 2.02. The van der Waals surface area contributed by atoms with Crippen LogP contribution in [0.2, 0.25) is 0 Å². The van der Waals surface area contributed by atoms with Crippen LogP contribution in [0.25, 0.3) is 10.9 Å². The molecule has 0 amide bonds. The highest BCUT2D eigenvalue weighted by atomic mass is 16.5. The SMILES string of the molecule is CCOc1cccc([C@H]2C(C#N)=C(N)Oc3c2c(=O)[nH]c2ccccc32)c1. The molecule has 6 nitrogen and oxygen atoms in total. The number of para-hydroxylation sites is 1. The number of aromatic nitrogens is 1. The molecule has 2 heterocycles. The number of fused-ring (bicyclic) bond motifs is 3. The normalized spacial score (nSPS) is 15.8. The van der Waals surface area contributed by atoms with Gasteiger partial charge in [-0.1, -0.05) is 24.3 Å². The van der Waals surface area contributed by atoms with Gasteiger partial charge in [0.05, 0.1) is 23.6 Å². The Labute approximate surface area is 155 Å². The van der Waals surface area contributed by atoms with E-state index in [1.54, 1.807) is 6.07 Å². The molecule has 0 spiro atoms. The van der Waals surface area contributed by atoms with Crippen molar-refractivity contribution in [1.82, 2.24) is 4.98 Å². The Bertz CT molecular complexity index is 1170. The number of nitrogens with zero attached hydrogens (tertiary/aromatic N) is 1. The molecule has 1 aromatic heterocycles. The van der Waals surface area contributed by atoms with Gasteiger partial charge in [0, 0.05) is 5.39 Å². The van der Waals surface area contributed by atoms with E-state index in [4.69, 9.17) is 15.2 Å². The number of hydrogen-bond acceptors (Lipinski definition) is 5. The lowest BCUT2D eigenvalue weighted by Crippen LogP contribution is -2.27. The van der Waals surface area contributed by atoms with E-state index in [2.05, 4.69) is 11.1 Å². The summed E-state index contributed by atoms with van der Waals surface area (Å²) in [6.07, 6.45) is 0. The summed E-state index contributed by atoms with van der Waals surface area (Å²) in [6.45, 7) is 2.41. The summed E-state index contributed by atoms with van der Waals surface area (Å²) in [5.41, 5.74) is 7.72. The molecular formula is C21H17N3O3. The first-order valence-corrected chi connectivity index (χ1v) is 8.59. The fraction of sp³-hybridized carbons (Fsp3) is 0.143. The van der Waals surface area contributed by atoms with E-state index in [9.17, 15) is 10.1 Å². The molecular weight excluding hydrogens is 342 g/mol. The van der Waals surface area contributed by atoms with Crippen LogP contribution in [-0.2, 0) is 0 Å². The molecule has 1 atom stereocenters. The highest BCUT2D eigenvalue weighted by Gasteiger charge is 2.34. The van der Waals surface area contributed by atoms with Crippen molar-refractivity contribution in [2.24, 2.45) is 5.73 Å². The summed E-state index contributed by atoms with van der Waals surface area (Å²) in [7, 11) is 0. The lowest BCUT2D eigenvalue weighted by molar-refractivity contribution is 0.339. The Morgan fingerprint density at radius 3 is 2.85 bits per heavy atom. The number of nitriles is 1. The third-order valence-electron chi connectivity index (χ3n) is 4.59. The second-order valence-corrected chi connectivity index (χ2v) is 6.17. The summed E-state index contributed by atoms with van der Waals surface area (Å²) in [4.78, 5) is 15.8. The number of nitrogens with one attached hydrogen (secondary N) is 1. The van der Waals surface area contributed by atoms with Gasteiger partial charge in [0.15, 0.2) is 0 Å². The molecule has 2 aromatic carbocycles. The Morgan fingerprint density at radius 1 is 1.26 bits per heavy atom. The van der Waals surface area contributed by atoms with Gasteiger partial charge in [-0.2, -0.15) is 5.26 Å². The number of rotatable bonds is 3. The summed E-state index contributed by atoms with van der Waals surface area (Å²) in [6, 6.07) is 16.8. The maximum absolute atomic E-state index is 12.9. The standard InChI is InChI=1S/C21H17N3O3/c1-2-26-13-7-5-6-12(10-13)17-15(11-22)20(23)27-19-14-8-3-4-9-16(14)24-21(25)18(17)19/h3-10,17H,2,23H2,1H3,(H,24,25)/t17-/m0/s1. The fourth-order valence-electron chi connectivity index (χ4n) is 3.46. The zero-order valence-electron chi connectivity index (χ0n) is 14.7. The maximum Gasteiger partial charge on any atom is 0.256 e.